The van der Waals surface area contributed by atoms with Gasteiger partial charge in [0.25, 0.3) is 0 Å². The lowest BCUT2D eigenvalue weighted by Gasteiger charge is -2.14. The highest BCUT2D eigenvalue weighted by Crippen LogP contribution is 2.24. The predicted molar refractivity (Wildman–Crippen MR) is 74.0 cm³/mol. The Labute approximate surface area is 114 Å². The normalized spacial score (nSPS) is 23.9. The molecule has 1 aliphatic rings. The quantitative estimate of drug-likeness (QED) is 0.895. The van der Waals surface area contributed by atoms with Crippen molar-refractivity contribution in [3.05, 3.63) is 20.8 Å². The van der Waals surface area contributed by atoms with Crippen LogP contribution < -0.4 is 11.1 Å². The molecule has 1 heterocycles. The molecule has 0 radical (unpaired) electrons. The molecule has 1 fully saturated rings. The fourth-order valence-corrected chi connectivity index (χ4v) is 3.72. The highest BCUT2D eigenvalue weighted by Gasteiger charge is 2.29. The fourth-order valence-electron chi connectivity index (χ4n) is 2.24. The second kappa shape index (κ2) is 5.98. The number of nitrogens with two attached hydrogens (primary N) is 1. The van der Waals surface area contributed by atoms with Gasteiger partial charge in [-0.05, 0) is 47.3 Å². The van der Waals surface area contributed by atoms with Crippen LogP contribution in [-0.4, -0.2) is 18.5 Å². The van der Waals surface area contributed by atoms with Crippen LogP contribution in [0.3, 0.4) is 0 Å². The molecule has 0 spiro atoms. The summed E-state index contributed by atoms with van der Waals surface area (Å²) >= 11 is 5.14. The molecular formula is C12H17BrN2OS. The number of hydrogen-bond acceptors (Lipinski definition) is 3. The summed E-state index contributed by atoms with van der Waals surface area (Å²) < 4.78 is 1.14. The molecule has 1 aliphatic carbocycles. The third-order valence-corrected chi connectivity index (χ3v) is 4.89. The van der Waals surface area contributed by atoms with E-state index >= 15 is 0 Å². The largest absolute Gasteiger partial charge is 0.355 e. The molecule has 0 aliphatic heterocycles. The van der Waals surface area contributed by atoms with E-state index in [-0.39, 0.29) is 17.9 Å². The van der Waals surface area contributed by atoms with E-state index in [0.717, 1.165) is 29.5 Å². The predicted octanol–water partition coefficient (Wildman–Crippen LogP) is 2.30. The number of hydrogen-bond donors (Lipinski definition) is 2. The van der Waals surface area contributed by atoms with Crippen molar-refractivity contribution in [2.75, 3.05) is 6.54 Å². The van der Waals surface area contributed by atoms with Crippen LogP contribution in [0.25, 0.3) is 0 Å². The topological polar surface area (TPSA) is 55.1 Å². The van der Waals surface area contributed by atoms with Crippen molar-refractivity contribution in [3.63, 3.8) is 0 Å². The zero-order chi connectivity index (χ0) is 12.3. The van der Waals surface area contributed by atoms with Crippen LogP contribution in [0.4, 0.5) is 0 Å². The molecular weight excluding hydrogens is 300 g/mol. The second-order valence-corrected chi connectivity index (χ2v) is 7.00. The number of halogens is 1. The van der Waals surface area contributed by atoms with Gasteiger partial charge >= 0.3 is 0 Å². The average Bonchev–Trinajstić information content (AvgIpc) is 2.87. The Kier molecular flexibility index (Phi) is 4.59. The number of rotatable bonds is 4. The summed E-state index contributed by atoms with van der Waals surface area (Å²) in [5, 5.41) is 2.99. The highest BCUT2D eigenvalue weighted by atomic mass is 79.9. The van der Waals surface area contributed by atoms with Gasteiger partial charge in [-0.2, -0.15) is 0 Å². The van der Waals surface area contributed by atoms with Crippen molar-refractivity contribution < 1.29 is 4.79 Å². The van der Waals surface area contributed by atoms with Gasteiger partial charge in [0, 0.05) is 17.5 Å². The first kappa shape index (κ1) is 13.1. The van der Waals surface area contributed by atoms with E-state index in [4.69, 9.17) is 5.73 Å². The summed E-state index contributed by atoms with van der Waals surface area (Å²) in [5.74, 6) is 0.163. The Bertz CT molecular complexity index is 394. The third kappa shape index (κ3) is 3.53. The van der Waals surface area contributed by atoms with Gasteiger partial charge in [-0.1, -0.05) is 6.42 Å². The lowest BCUT2D eigenvalue weighted by molar-refractivity contribution is -0.125. The Hall–Kier alpha value is -0.390. The van der Waals surface area contributed by atoms with Crippen LogP contribution in [0.2, 0.25) is 0 Å². The third-order valence-electron chi connectivity index (χ3n) is 3.21. The Morgan fingerprint density at radius 3 is 2.94 bits per heavy atom. The first-order valence-corrected chi connectivity index (χ1v) is 7.55. The maximum absolute atomic E-state index is 11.9. The number of nitrogens with one attached hydrogen (secondary N) is 1. The molecule has 17 heavy (non-hydrogen) atoms. The first-order valence-electron chi connectivity index (χ1n) is 5.94. The number of thiophene rings is 1. The summed E-state index contributed by atoms with van der Waals surface area (Å²) in [6.07, 6.45) is 3.90. The minimum Gasteiger partial charge on any atom is -0.355 e. The Morgan fingerprint density at radius 2 is 2.35 bits per heavy atom. The van der Waals surface area contributed by atoms with E-state index in [1.165, 1.54) is 4.88 Å². The molecule has 0 saturated heterocycles. The van der Waals surface area contributed by atoms with Gasteiger partial charge in [-0.3, -0.25) is 4.79 Å². The van der Waals surface area contributed by atoms with Gasteiger partial charge in [0.1, 0.15) is 0 Å². The van der Waals surface area contributed by atoms with Crippen LogP contribution in [0.5, 0.6) is 0 Å². The second-order valence-electron chi connectivity index (χ2n) is 4.45. The first-order chi connectivity index (χ1) is 8.16. The summed E-state index contributed by atoms with van der Waals surface area (Å²) in [4.78, 5) is 13.1. The summed E-state index contributed by atoms with van der Waals surface area (Å²) in [5.41, 5.74) is 5.90. The maximum Gasteiger partial charge on any atom is 0.224 e. The van der Waals surface area contributed by atoms with Crippen molar-refractivity contribution in [1.29, 1.82) is 0 Å². The van der Waals surface area contributed by atoms with Crippen LogP contribution in [0, 0.1) is 5.92 Å². The summed E-state index contributed by atoms with van der Waals surface area (Å²) in [7, 11) is 0. The van der Waals surface area contributed by atoms with Gasteiger partial charge in [0.15, 0.2) is 0 Å². The molecule has 3 nitrogen and oxygen atoms in total. The van der Waals surface area contributed by atoms with E-state index in [1.807, 2.05) is 6.07 Å². The van der Waals surface area contributed by atoms with Crippen LogP contribution in [0.15, 0.2) is 15.9 Å². The number of carbonyl (C=O) groups excluding carboxylic acids is 1. The van der Waals surface area contributed by atoms with Crippen molar-refractivity contribution in [2.45, 2.75) is 31.7 Å². The van der Waals surface area contributed by atoms with Crippen molar-refractivity contribution in [1.82, 2.24) is 5.32 Å². The molecule has 0 aromatic carbocycles. The van der Waals surface area contributed by atoms with E-state index < -0.39 is 0 Å². The molecule has 1 aromatic heterocycles. The standard InChI is InChI=1S/C12H17BrN2OS/c13-11-5-4-8(17-11)6-7-15-12(16)9-2-1-3-10(9)14/h4-5,9-10H,1-3,6-7,14H2,(H,15,16). The van der Waals surface area contributed by atoms with Crippen molar-refractivity contribution >= 4 is 33.2 Å². The summed E-state index contributed by atoms with van der Waals surface area (Å²) in [6.45, 7) is 0.703. The minimum absolute atomic E-state index is 0.0325. The van der Waals surface area contributed by atoms with E-state index in [1.54, 1.807) is 11.3 Å². The van der Waals surface area contributed by atoms with Gasteiger partial charge in [-0.25, -0.2) is 0 Å². The molecule has 2 atom stereocenters. The zero-order valence-corrected chi connectivity index (χ0v) is 12.0. The SMILES string of the molecule is NC1CCCC1C(=O)NCCc1ccc(Br)s1. The Morgan fingerprint density at radius 1 is 1.53 bits per heavy atom. The number of amides is 1. The van der Waals surface area contributed by atoms with Crippen LogP contribution >= 0.6 is 27.3 Å². The minimum atomic E-state index is 0.0325. The highest BCUT2D eigenvalue weighted by molar-refractivity contribution is 9.11. The van der Waals surface area contributed by atoms with Crippen LogP contribution in [0.1, 0.15) is 24.1 Å². The van der Waals surface area contributed by atoms with E-state index in [2.05, 4.69) is 27.3 Å². The van der Waals surface area contributed by atoms with Crippen molar-refractivity contribution in [2.24, 2.45) is 11.7 Å². The lowest BCUT2D eigenvalue weighted by Crippen LogP contribution is -2.39. The zero-order valence-electron chi connectivity index (χ0n) is 9.62. The van der Waals surface area contributed by atoms with Gasteiger partial charge in [0.05, 0.1) is 9.70 Å². The molecule has 5 heteroatoms. The van der Waals surface area contributed by atoms with Crippen LogP contribution in [-0.2, 0) is 11.2 Å². The fraction of sp³-hybridized carbons (Fsp3) is 0.583. The summed E-state index contributed by atoms with van der Waals surface area (Å²) in [6, 6.07) is 4.18. The molecule has 2 rings (SSSR count). The monoisotopic (exact) mass is 316 g/mol. The molecule has 1 saturated carbocycles. The molecule has 1 aromatic rings. The van der Waals surface area contributed by atoms with Gasteiger partial charge < -0.3 is 11.1 Å². The lowest BCUT2D eigenvalue weighted by atomic mass is 10.0. The maximum atomic E-state index is 11.9. The average molecular weight is 317 g/mol. The Balaban J connectivity index is 1.73. The molecule has 1 amide bonds. The van der Waals surface area contributed by atoms with E-state index in [9.17, 15) is 4.79 Å². The molecule has 94 valence electrons. The molecule has 2 unspecified atom stereocenters. The van der Waals surface area contributed by atoms with E-state index in [0.29, 0.717) is 6.54 Å². The van der Waals surface area contributed by atoms with Gasteiger partial charge in [-0.15, -0.1) is 11.3 Å². The smallest absolute Gasteiger partial charge is 0.224 e. The van der Waals surface area contributed by atoms with Gasteiger partial charge in [0.2, 0.25) is 5.91 Å². The molecule has 0 bridgehead atoms. The molecule has 3 N–H and O–H groups in total. The number of carbonyl (C=O) groups is 1. The van der Waals surface area contributed by atoms with Crippen molar-refractivity contribution in [3.8, 4) is 0 Å².